The van der Waals surface area contributed by atoms with E-state index in [0.717, 1.165) is 25.9 Å². The first-order chi connectivity index (χ1) is 8.22. The smallest absolute Gasteiger partial charge is 0.233 e. The number of hydrogen-bond acceptors (Lipinski definition) is 2. The minimum absolute atomic E-state index is 0.141. The number of amides is 1. The third kappa shape index (κ3) is 5.07. The van der Waals surface area contributed by atoms with E-state index >= 15 is 0 Å². The molecule has 0 radical (unpaired) electrons. The Labute approximate surface area is 106 Å². The Bertz CT molecular complexity index is 222. The SMILES string of the molecule is CCCCNC(=O)CNCC1(CC)CCCC1. The first-order valence-corrected chi connectivity index (χ1v) is 7.20. The molecule has 17 heavy (non-hydrogen) atoms. The van der Waals surface area contributed by atoms with E-state index in [4.69, 9.17) is 0 Å². The normalized spacial score (nSPS) is 18.2. The van der Waals surface area contributed by atoms with Crippen LogP contribution >= 0.6 is 0 Å². The van der Waals surface area contributed by atoms with Crippen LogP contribution in [0.15, 0.2) is 0 Å². The summed E-state index contributed by atoms with van der Waals surface area (Å²) in [6, 6.07) is 0. The molecule has 0 aromatic rings. The highest BCUT2D eigenvalue weighted by molar-refractivity contribution is 5.77. The maximum Gasteiger partial charge on any atom is 0.233 e. The Morgan fingerprint density at radius 3 is 2.53 bits per heavy atom. The Morgan fingerprint density at radius 1 is 1.24 bits per heavy atom. The highest BCUT2D eigenvalue weighted by Gasteiger charge is 2.31. The highest BCUT2D eigenvalue weighted by Crippen LogP contribution is 2.40. The summed E-state index contributed by atoms with van der Waals surface area (Å²) in [5.41, 5.74) is 0.476. The fourth-order valence-corrected chi connectivity index (χ4v) is 2.69. The third-order valence-electron chi connectivity index (χ3n) is 4.05. The predicted octanol–water partition coefficient (Wildman–Crippen LogP) is 2.46. The zero-order chi connectivity index (χ0) is 12.6. The standard InChI is InChI=1S/C14H28N2O/c1-3-5-10-16-13(17)11-15-12-14(4-2)8-6-7-9-14/h15H,3-12H2,1-2H3,(H,16,17). The molecule has 0 aromatic heterocycles. The lowest BCUT2D eigenvalue weighted by Crippen LogP contribution is -2.39. The molecule has 1 aliphatic rings. The Balaban J connectivity index is 2.11. The van der Waals surface area contributed by atoms with Crippen LogP contribution in [0.4, 0.5) is 0 Å². The maximum atomic E-state index is 11.5. The van der Waals surface area contributed by atoms with Gasteiger partial charge in [0.1, 0.15) is 0 Å². The topological polar surface area (TPSA) is 41.1 Å². The lowest BCUT2D eigenvalue weighted by atomic mass is 9.83. The monoisotopic (exact) mass is 240 g/mol. The van der Waals surface area contributed by atoms with Crippen molar-refractivity contribution in [3.8, 4) is 0 Å². The summed E-state index contributed by atoms with van der Waals surface area (Å²) < 4.78 is 0. The third-order valence-corrected chi connectivity index (χ3v) is 4.05. The summed E-state index contributed by atoms with van der Waals surface area (Å²) in [4.78, 5) is 11.5. The Kier molecular flexibility index (Phi) is 6.56. The van der Waals surface area contributed by atoms with Crippen LogP contribution in [0.5, 0.6) is 0 Å². The molecule has 1 aliphatic carbocycles. The van der Waals surface area contributed by atoms with Crippen LogP contribution in [0.1, 0.15) is 58.8 Å². The van der Waals surface area contributed by atoms with Gasteiger partial charge >= 0.3 is 0 Å². The molecule has 0 spiro atoms. The first-order valence-electron chi connectivity index (χ1n) is 7.20. The molecule has 3 nitrogen and oxygen atoms in total. The van der Waals surface area contributed by atoms with Crippen molar-refractivity contribution in [1.82, 2.24) is 10.6 Å². The lowest BCUT2D eigenvalue weighted by Gasteiger charge is -2.27. The Hall–Kier alpha value is -0.570. The van der Waals surface area contributed by atoms with Crippen LogP contribution in [-0.2, 0) is 4.79 Å². The molecule has 1 rings (SSSR count). The molecule has 0 saturated heterocycles. The highest BCUT2D eigenvalue weighted by atomic mass is 16.1. The summed E-state index contributed by atoms with van der Waals surface area (Å²) in [5, 5.41) is 6.27. The molecule has 2 N–H and O–H groups in total. The zero-order valence-electron chi connectivity index (χ0n) is 11.5. The van der Waals surface area contributed by atoms with Gasteiger partial charge in [0, 0.05) is 13.1 Å². The summed E-state index contributed by atoms with van der Waals surface area (Å²) in [6.45, 7) is 6.70. The summed E-state index contributed by atoms with van der Waals surface area (Å²) in [7, 11) is 0. The molecule has 0 bridgehead atoms. The zero-order valence-corrected chi connectivity index (χ0v) is 11.5. The quantitative estimate of drug-likeness (QED) is 0.640. The molecule has 0 aliphatic heterocycles. The maximum absolute atomic E-state index is 11.5. The fraction of sp³-hybridized carbons (Fsp3) is 0.929. The van der Waals surface area contributed by atoms with Crippen molar-refractivity contribution < 1.29 is 4.79 Å². The minimum Gasteiger partial charge on any atom is -0.355 e. The van der Waals surface area contributed by atoms with E-state index in [1.807, 2.05) is 0 Å². The minimum atomic E-state index is 0.141. The second kappa shape index (κ2) is 7.70. The lowest BCUT2D eigenvalue weighted by molar-refractivity contribution is -0.120. The van der Waals surface area contributed by atoms with Gasteiger partial charge < -0.3 is 10.6 Å². The first kappa shape index (κ1) is 14.5. The molecule has 0 atom stereocenters. The van der Waals surface area contributed by atoms with E-state index in [0.29, 0.717) is 12.0 Å². The molecular weight excluding hydrogens is 212 g/mol. The van der Waals surface area contributed by atoms with E-state index in [1.165, 1.54) is 32.1 Å². The number of carbonyl (C=O) groups is 1. The number of hydrogen-bond donors (Lipinski definition) is 2. The van der Waals surface area contributed by atoms with Gasteiger partial charge in [-0.1, -0.05) is 33.1 Å². The number of carbonyl (C=O) groups excluding carboxylic acids is 1. The number of nitrogens with one attached hydrogen (secondary N) is 2. The van der Waals surface area contributed by atoms with Crippen molar-refractivity contribution in [3.63, 3.8) is 0 Å². The summed E-state index contributed by atoms with van der Waals surface area (Å²) in [5.74, 6) is 0.141. The number of rotatable bonds is 8. The summed E-state index contributed by atoms with van der Waals surface area (Å²) >= 11 is 0. The van der Waals surface area contributed by atoms with Gasteiger partial charge in [0.25, 0.3) is 0 Å². The average Bonchev–Trinajstić information content (AvgIpc) is 2.79. The van der Waals surface area contributed by atoms with Crippen LogP contribution in [0, 0.1) is 5.41 Å². The fourth-order valence-electron chi connectivity index (χ4n) is 2.69. The van der Waals surface area contributed by atoms with Gasteiger partial charge in [0.15, 0.2) is 0 Å². The van der Waals surface area contributed by atoms with Crippen LogP contribution < -0.4 is 10.6 Å². The second-order valence-corrected chi connectivity index (χ2v) is 5.37. The van der Waals surface area contributed by atoms with Gasteiger partial charge in [0.2, 0.25) is 5.91 Å². The molecule has 1 fully saturated rings. The van der Waals surface area contributed by atoms with Crippen molar-refractivity contribution >= 4 is 5.91 Å². The molecule has 0 aromatic carbocycles. The van der Waals surface area contributed by atoms with E-state index in [9.17, 15) is 4.79 Å². The van der Waals surface area contributed by atoms with E-state index in [2.05, 4.69) is 24.5 Å². The largest absolute Gasteiger partial charge is 0.355 e. The summed E-state index contributed by atoms with van der Waals surface area (Å²) in [6.07, 6.45) is 8.81. The van der Waals surface area contributed by atoms with Gasteiger partial charge in [-0.05, 0) is 31.1 Å². The van der Waals surface area contributed by atoms with Crippen molar-refractivity contribution in [2.45, 2.75) is 58.8 Å². The van der Waals surface area contributed by atoms with Crippen molar-refractivity contribution in [2.24, 2.45) is 5.41 Å². The van der Waals surface area contributed by atoms with Gasteiger partial charge in [-0.15, -0.1) is 0 Å². The van der Waals surface area contributed by atoms with Gasteiger partial charge in [-0.2, -0.15) is 0 Å². The van der Waals surface area contributed by atoms with Crippen LogP contribution in [0.2, 0.25) is 0 Å². The van der Waals surface area contributed by atoms with Crippen molar-refractivity contribution in [2.75, 3.05) is 19.6 Å². The Morgan fingerprint density at radius 2 is 1.94 bits per heavy atom. The van der Waals surface area contributed by atoms with Crippen LogP contribution in [-0.4, -0.2) is 25.5 Å². The second-order valence-electron chi connectivity index (χ2n) is 5.37. The van der Waals surface area contributed by atoms with Gasteiger partial charge in [0.05, 0.1) is 6.54 Å². The average molecular weight is 240 g/mol. The molecule has 1 amide bonds. The molecule has 1 saturated carbocycles. The molecule has 0 heterocycles. The van der Waals surface area contributed by atoms with Crippen LogP contribution in [0.25, 0.3) is 0 Å². The van der Waals surface area contributed by atoms with E-state index < -0.39 is 0 Å². The van der Waals surface area contributed by atoms with Gasteiger partial charge in [-0.25, -0.2) is 0 Å². The van der Waals surface area contributed by atoms with Gasteiger partial charge in [-0.3, -0.25) is 4.79 Å². The van der Waals surface area contributed by atoms with Crippen molar-refractivity contribution in [1.29, 1.82) is 0 Å². The van der Waals surface area contributed by atoms with Crippen molar-refractivity contribution in [3.05, 3.63) is 0 Å². The van der Waals surface area contributed by atoms with Crippen LogP contribution in [0.3, 0.4) is 0 Å². The van der Waals surface area contributed by atoms with E-state index in [1.54, 1.807) is 0 Å². The molecule has 0 unspecified atom stereocenters. The number of unbranched alkanes of at least 4 members (excludes halogenated alkanes) is 1. The molecule has 100 valence electrons. The molecule has 3 heteroatoms. The predicted molar refractivity (Wildman–Crippen MR) is 72.0 cm³/mol. The molecular formula is C14H28N2O. The van der Waals surface area contributed by atoms with E-state index in [-0.39, 0.29) is 5.91 Å².